The van der Waals surface area contributed by atoms with Gasteiger partial charge in [-0.05, 0) is 12.2 Å². The minimum atomic E-state index is 0.685. The van der Waals surface area contributed by atoms with E-state index in [1.54, 1.807) is 11.8 Å². The first-order chi connectivity index (χ1) is 4.31. The van der Waals surface area contributed by atoms with Crippen molar-refractivity contribution in [3.63, 3.8) is 0 Å². The second-order valence-electron chi connectivity index (χ2n) is 1.62. The maximum Gasteiger partial charge on any atom is 0.0848 e. The van der Waals surface area contributed by atoms with Gasteiger partial charge in [0.1, 0.15) is 0 Å². The van der Waals surface area contributed by atoms with Gasteiger partial charge in [-0.1, -0.05) is 36.5 Å². The third kappa shape index (κ3) is 6.56. The first-order valence-corrected chi connectivity index (χ1v) is 4.70. The van der Waals surface area contributed by atoms with Crippen LogP contribution in [0.5, 0.6) is 0 Å². The SMILES string of the molecule is CCCCS/C(Cl)=C/Cl. The molecular weight excluding hydrogens is 175 g/mol. The van der Waals surface area contributed by atoms with Gasteiger partial charge < -0.3 is 0 Å². The average Bonchev–Trinajstić information content (AvgIpc) is 1.89. The standard InChI is InChI=1S/C6H10Cl2S/c1-2-3-4-9-6(8)5-7/h5H,2-4H2,1H3/b6-5+. The number of hydrogen-bond acceptors (Lipinski definition) is 1. The quantitative estimate of drug-likeness (QED) is 0.600. The van der Waals surface area contributed by atoms with E-state index in [0.29, 0.717) is 4.36 Å². The lowest BCUT2D eigenvalue weighted by Gasteiger charge is -1.93. The predicted octanol–water partition coefficient (Wildman–Crippen LogP) is 3.80. The van der Waals surface area contributed by atoms with Gasteiger partial charge in [-0.3, -0.25) is 0 Å². The molecule has 0 fully saturated rings. The highest BCUT2D eigenvalue weighted by atomic mass is 35.5. The van der Waals surface area contributed by atoms with Crippen molar-refractivity contribution in [3.8, 4) is 0 Å². The van der Waals surface area contributed by atoms with Crippen molar-refractivity contribution in [1.29, 1.82) is 0 Å². The molecule has 3 heteroatoms. The molecule has 0 saturated heterocycles. The van der Waals surface area contributed by atoms with Crippen LogP contribution in [-0.4, -0.2) is 5.75 Å². The summed E-state index contributed by atoms with van der Waals surface area (Å²) >= 11 is 12.5. The number of rotatable bonds is 4. The van der Waals surface area contributed by atoms with Gasteiger partial charge in [-0.2, -0.15) is 0 Å². The van der Waals surface area contributed by atoms with Crippen molar-refractivity contribution >= 4 is 35.0 Å². The summed E-state index contributed by atoms with van der Waals surface area (Å²) in [7, 11) is 0. The molecule has 0 aromatic rings. The van der Waals surface area contributed by atoms with Crippen LogP contribution in [0.25, 0.3) is 0 Å². The van der Waals surface area contributed by atoms with Gasteiger partial charge in [0.25, 0.3) is 0 Å². The predicted molar refractivity (Wildman–Crippen MR) is 47.2 cm³/mol. The second kappa shape index (κ2) is 6.79. The fourth-order valence-corrected chi connectivity index (χ4v) is 1.46. The molecule has 0 aromatic heterocycles. The van der Waals surface area contributed by atoms with Gasteiger partial charge in [0, 0.05) is 5.54 Å². The van der Waals surface area contributed by atoms with Crippen LogP contribution in [0.3, 0.4) is 0 Å². The third-order valence-electron chi connectivity index (χ3n) is 0.824. The van der Waals surface area contributed by atoms with Crippen LogP contribution < -0.4 is 0 Å². The molecule has 54 valence electrons. The lowest BCUT2D eigenvalue weighted by molar-refractivity contribution is 0.897. The molecule has 9 heavy (non-hydrogen) atoms. The Bertz CT molecular complexity index is 91.1. The zero-order chi connectivity index (χ0) is 7.11. The summed E-state index contributed by atoms with van der Waals surface area (Å²) < 4.78 is 0.685. The minimum absolute atomic E-state index is 0.685. The summed E-state index contributed by atoms with van der Waals surface area (Å²) in [6.45, 7) is 2.15. The van der Waals surface area contributed by atoms with Crippen molar-refractivity contribution in [2.24, 2.45) is 0 Å². The molecule has 0 saturated carbocycles. The normalized spacial score (nSPS) is 12.1. The molecule has 0 rings (SSSR count). The molecule has 0 bridgehead atoms. The molecule has 0 spiro atoms. The van der Waals surface area contributed by atoms with Crippen LogP contribution in [0.1, 0.15) is 19.8 Å². The van der Waals surface area contributed by atoms with Crippen molar-refractivity contribution in [2.45, 2.75) is 19.8 Å². The summed E-state index contributed by atoms with van der Waals surface area (Å²) in [4.78, 5) is 0. The maximum absolute atomic E-state index is 5.59. The Hall–Kier alpha value is 0.670. The van der Waals surface area contributed by atoms with Gasteiger partial charge in [0.2, 0.25) is 0 Å². The van der Waals surface area contributed by atoms with Crippen LogP contribution in [0, 0.1) is 0 Å². The molecule has 0 atom stereocenters. The van der Waals surface area contributed by atoms with Gasteiger partial charge in [-0.25, -0.2) is 0 Å². The Labute approximate surface area is 70.6 Å². The molecule has 0 N–H and O–H groups in total. The Balaban J connectivity index is 3.07. The van der Waals surface area contributed by atoms with E-state index in [9.17, 15) is 0 Å². The first kappa shape index (κ1) is 9.67. The van der Waals surface area contributed by atoms with E-state index in [4.69, 9.17) is 23.2 Å². The van der Waals surface area contributed by atoms with Crippen LogP contribution in [0.2, 0.25) is 0 Å². The van der Waals surface area contributed by atoms with E-state index in [2.05, 4.69) is 6.92 Å². The Morgan fingerprint density at radius 1 is 1.67 bits per heavy atom. The maximum atomic E-state index is 5.59. The van der Waals surface area contributed by atoms with Crippen LogP contribution in [-0.2, 0) is 0 Å². The molecule has 0 aliphatic rings. The van der Waals surface area contributed by atoms with Gasteiger partial charge in [0.15, 0.2) is 0 Å². The number of thioether (sulfide) groups is 1. The average molecular weight is 185 g/mol. The minimum Gasteiger partial charge on any atom is -0.113 e. The highest BCUT2D eigenvalue weighted by molar-refractivity contribution is 8.04. The fraction of sp³-hybridized carbons (Fsp3) is 0.667. The van der Waals surface area contributed by atoms with E-state index in [1.165, 1.54) is 18.4 Å². The third-order valence-corrected chi connectivity index (χ3v) is 2.61. The van der Waals surface area contributed by atoms with Crippen molar-refractivity contribution in [2.75, 3.05) is 5.75 Å². The molecule has 0 unspecified atom stereocenters. The summed E-state index contributed by atoms with van der Waals surface area (Å²) in [5.74, 6) is 1.07. The number of unbranched alkanes of at least 4 members (excludes halogenated alkanes) is 1. The van der Waals surface area contributed by atoms with Crippen LogP contribution in [0.4, 0.5) is 0 Å². The lowest BCUT2D eigenvalue weighted by atomic mass is 10.4. The lowest BCUT2D eigenvalue weighted by Crippen LogP contribution is -1.74. The smallest absolute Gasteiger partial charge is 0.0848 e. The molecule has 0 heterocycles. The first-order valence-electron chi connectivity index (χ1n) is 2.90. The molecule has 0 aliphatic heterocycles. The zero-order valence-corrected chi connectivity index (χ0v) is 7.69. The fourth-order valence-electron chi connectivity index (χ4n) is 0.346. The summed E-state index contributed by atoms with van der Waals surface area (Å²) in [6.07, 6.45) is 2.41. The second-order valence-corrected chi connectivity index (χ2v) is 3.60. The molecule has 0 amide bonds. The van der Waals surface area contributed by atoms with Crippen molar-refractivity contribution < 1.29 is 0 Å². The van der Waals surface area contributed by atoms with Gasteiger partial charge in [-0.15, -0.1) is 11.8 Å². The van der Waals surface area contributed by atoms with E-state index < -0.39 is 0 Å². The largest absolute Gasteiger partial charge is 0.113 e. The van der Waals surface area contributed by atoms with Crippen molar-refractivity contribution in [1.82, 2.24) is 0 Å². The van der Waals surface area contributed by atoms with Crippen LogP contribution in [0.15, 0.2) is 9.90 Å². The Morgan fingerprint density at radius 3 is 2.78 bits per heavy atom. The summed E-state index contributed by atoms with van der Waals surface area (Å²) in [6, 6.07) is 0. The summed E-state index contributed by atoms with van der Waals surface area (Å²) in [5, 5.41) is 0. The molecular formula is C6H10Cl2S. The van der Waals surface area contributed by atoms with E-state index in [0.717, 1.165) is 5.75 Å². The summed E-state index contributed by atoms with van der Waals surface area (Å²) in [5.41, 5.74) is 1.40. The highest BCUT2D eigenvalue weighted by Crippen LogP contribution is 2.21. The van der Waals surface area contributed by atoms with Gasteiger partial charge in [0.05, 0.1) is 4.36 Å². The van der Waals surface area contributed by atoms with Crippen LogP contribution >= 0.6 is 35.0 Å². The van der Waals surface area contributed by atoms with Gasteiger partial charge >= 0.3 is 0 Å². The molecule has 0 radical (unpaired) electrons. The highest BCUT2D eigenvalue weighted by Gasteiger charge is 1.89. The number of hydrogen-bond donors (Lipinski definition) is 0. The van der Waals surface area contributed by atoms with E-state index in [-0.39, 0.29) is 0 Å². The molecule has 0 aliphatic carbocycles. The zero-order valence-electron chi connectivity index (χ0n) is 5.36. The monoisotopic (exact) mass is 184 g/mol. The Morgan fingerprint density at radius 2 is 2.33 bits per heavy atom. The molecule has 0 nitrogen and oxygen atoms in total. The van der Waals surface area contributed by atoms with E-state index in [1.807, 2.05) is 0 Å². The van der Waals surface area contributed by atoms with E-state index >= 15 is 0 Å². The van der Waals surface area contributed by atoms with Crippen molar-refractivity contribution in [3.05, 3.63) is 9.90 Å². The Kier molecular flexibility index (Phi) is 7.29. The topological polar surface area (TPSA) is 0 Å². The molecule has 0 aromatic carbocycles. The number of halogens is 2.